The fourth-order valence-corrected chi connectivity index (χ4v) is 4.02. The fraction of sp³-hybridized carbons (Fsp3) is 1.00. The second-order valence-corrected chi connectivity index (χ2v) is 7.88. The summed E-state index contributed by atoms with van der Waals surface area (Å²) in [6.45, 7) is 11.0. The van der Waals surface area contributed by atoms with Crippen molar-refractivity contribution in [2.75, 3.05) is 26.2 Å². The standard InChI is InChI=1S/C18H36N2O/c1-14(2)8-9-19-17-11-16(5-4-10-21)12-20(13-17)18-7-6-15(18)3/h14-19,21H,4-13H2,1-3H3. The number of hydrogen-bond acceptors (Lipinski definition) is 3. The average molecular weight is 296 g/mol. The zero-order valence-corrected chi connectivity index (χ0v) is 14.4. The van der Waals surface area contributed by atoms with Gasteiger partial charge >= 0.3 is 0 Å². The fourth-order valence-electron chi connectivity index (χ4n) is 4.02. The Morgan fingerprint density at radius 2 is 2.05 bits per heavy atom. The Bertz CT molecular complexity index is 295. The normalized spacial score (nSPS) is 34.1. The van der Waals surface area contributed by atoms with Crippen LogP contribution in [0.4, 0.5) is 0 Å². The number of hydrogen-bond donors (Lipinski definition) is 2. The monoisotopic (exact) mass is 296 g/mol. The summed E-state index contributed by atoms with van der Waals surface area (Å²) in [7, 11) is 0. The molecule has 0 amide bonds. The van der Waals surface area contributed by atoms with Gasteiger partial charge in [0.1, 0.15) is 0 Å². The topological polar surface area (TPSA) is 35.5 Å². The Balaban J connectivity index is 1.83. The summed E-state index contributed by atoms with van der Waals surface area (Å²) in [6, 6.07) is 1.49. The molecule has 2 N–H and O–H groups in total. The molecule has 2 fully saturated rings. The van der Waals surface area contributed by atoms with E-state index in [1.54, 1.807) is 0 Å². The maximum atomic E-state index is 9.11. The Kier molecular flexibility index (Phi) is 6.97. The van der Waals surface area contributed by atoms with Gasteiger partial charge in [-0.2, -0.15) is 0 Å². The maximum Gasteiger partial charge on any atom is 0.0431 e. The molecule has 2 aliphatic rings. The summed E-state index contributed by atoms with van der Waals surface area (Å²) in [6.07, 6.45) is 7.54. The molecule has 3 heteroatoms. The van der Waals surface area contributed by atoms with Gasteiger partial charge in [0.2, 0.25) is 0 Å². The number of aliphatic hydroxyl groups excluding tert-OH is 1. The first kappa shape index (κ1) is 17.2. The number of piperidine rings is 1. The Morgan fingerprint density at radius 1 is 1.24 bits per heavy atom. The van der Waals surface area contributed by atoms with Crippen LogP contribution in [0.25, 0.3) is 0 Å². The quantitative estimate of drug-likeness (QED) is 0.723. The summed E-state index contributed by atoms with van der Waals surface area (Å²) in [5, 5.41) is 12.9. The predicted molar refractivity (Wildman–Crippen MR) is 89.4 cm³/mol. The molecule has 1 saturated heterocycles. The zero-order valence-electron chi connectivity index (χ0n) is 14.4. The molecule has 1 heterocycles. The molecule has 0 spiro atoms. The third-order valence-corrected chi connectivity index (χ3v) is 5.53. The summed E-state index contributed by atoms with van der Waals surface area (Å²) in [5.74, 6) is 2.45. The minimum atomic E-state index is 0.349. The van der Waals surface area contributed by atoms with Gasteiger partial charge in [-0.3, -0.25) is 4.90 Å². The average Bonchev–Trinajstić information content (AvgIpc) is 2.43. The van der Waals surface area contributed by atoms with E-state index in [2.05, 4.69) is 31.0 Å². The van der Waals surface area contributed by atoms with E-state index in [0.717, 1.165) is 36.8 Å². The highest BCUT2D eigenvalue weighted by Gasteiger charge is 2.37. The maximum absolute atomic E-state index is 9.11. The molecule has 4 atom stereocenters. The van der Waals surface area contributed by atoms with Crippen LogP contribution in [-0.2, 0) is 0 Å². The zero-order chi connectivity index (χ0) is 15.2. The lowest BCUT2D eigenvalue weighted by atomic mass is 9.77. The van der Waals surface area contributed by atoms with Crippen LogP contribution in [0.15, 0.2) is 0 Å². The molecule has 0 aromatic heterocycles. The summed E-state index contributed by atoms with van der Waals surface area (Å²) in [4.78, 5) is 2.76. The van der Waals surface area contributed by atoms with Crippen molar-refractivity contribution in [3.63, 3.8) is 0 Å². The molecule has 0 bridgehead atoms. The van der Waals surface area contributed by atoms with Crippen molar-refractivity contribution >= 4 is 0 Å². The van der Waals surface area contributed by atoms with E-state index in [-0.39, 0.29) is 0 Å². The first-order valence-electron chi connectivity index (χ1n) is 9.18. The lowest BCUT2D eigenvalue weighted by molar-refractivity contribution is 0.0199. The highest BCUT2D eigenvalue weighted by Crippen LogP contribution is 2.35. The van der Waals surface area contributed by atoms with Gasteiger partial charge in [-0.15, -0.1) is 0 Å². The molecule has 1 saturated carbocycles. The first-order chi connectivity index (χ1) is 10.1. The second-order valence-electron chi connectivity index (χ2n) is 7.88. The summed E-state index contributed by atoms with van der Waals surface area (Å²) >= 11 is 0. The van der Waals surface area contributed by atoms with Crippen molar-refractivity contribution < 1.29 is 5.11 Å². The van der Waals surface area contributed by atoms with E-state index in [4.69, 9.17) is 5.11 Å². The van der Waals surface area contributed by atoms with Gasteiger partial charge in [0, 0.05) is 31.8 Å². The molecule has 21 heavy (non-hydrogen) atoms. The highest BCUT2D eigenvalue weighted by atomic mass is 16.2. The molecule has 1 aliphatic heterocycles. The van der Waals surface area contributed by atoms with Crippen LogP contribution in [-0.4, -0.2) is 48.3 Å². The van der Waals surface area contributed by atoms with Gasteiger partial charge < -0.3 is 10.4 Å². The van der Waals surface area contributed by atoms with Gasteiger partial charge in [0.05, 0.1) is 0 Å². The van der Waals surface area contributed by atoms with Crippen LogP contribution in [0.3, 0.4) is 0 Å². The molecule has 3 nitrogen and oxygen atoms in total. The molecular formula is C18H36N2O. The second kappa shape index (κ2) is 8.50. The van der Waals surface area contributed by atoms with Crippen LogP contribution >= 0.6 is 0 Å². The third-order valence-electron chi connectivity index (χ3n) is 5.53. The van der Waals surface area contributed by atoms with Gasteiger partial charge in [-0.25, -0.2) is 0 Å². The Hall–Kier alpha value is -0.120. The van der Waals surface area contributed by atoms with Crippen molar-refractivity contribution in [1.29, 1.82) is 0 Å². The lowest BCUT2D eigenvalue weighted by Gasteiger charge is -2.48. The van der Waals surface area contributed by atoms with E-state index in [0.29, 0.717) is 12.6 Å². The SMILES string of the molecule is CC(C)CCNC1CC(CCCO)CN(C2CCC2C)C1. The third kappa shape index (κ3) is 5.22. The van der Waals surface area contributed by atoms with Gasteiger partial charge in [-0.05, 0) is 62.8 Å². The van der Waals surface area contributed by atoms with Crippen LogP contribution in [0.2, 0.25) is 0 Å². The number of nitrogens with one attached hydrogen (secondary N) is 1. The van der Waals surface area contributed by atoms with Crippen molar-refractivity contribution in [1.82, 2.24) is 10.2 Å². The van der Waals surface area contributed by atoms with Crippen LogP contribution in [0.5, 0.6) is 0 Å². The molecule has 124 valence electrons. The molecule has 1 aliphatic carbocycles. The first-order valence-corrected chi connectivity index (χ1v) is 9.18. The van der Waals surface area contributed by atoms with Crippen LogP contribution < -0.4 is 5.32 Å². The molecule has 0 aromatic carbocycles. The Labute approximate surface area is 131 Å². The molecule has 0 radical (unpaired) electrons. The van der Waals surface area contributed by atoms with Gasteiger partial charge in [0.15, 0.2) is 0 Å². The van der Waals surface area contributed by atoms with Crippen LogP contribution in [0.1, 0.15) is 59.3 Å². The van der Waals surface area contributed by atoms with Crippen molar-refractivity contribution in [3.05, 3.63) is 0 Å². The number of rotatable bonds is 8. The molecular weight excluding hydrogens is 260 g/mol. The minimum Gasteiger partial charge on any atom is -0.396 e. The van der Waals surface area contributed by atoms with E-state index in [1.165, 1.54) is 45.2 Å². The van der Waals surface area contributed by atoms with E-state index < -0.39 is 0 Å². The molecule has 0 aromatic rings. The van der Waals surface area contributed by atoms with E-state index in [9.17, 15) is 0 Å². The highest BCUT2D eigenvalue weighted by molar-refractivity contribution is 4.92. The number of likely N-dealkylation sites (tertiary alicyclic amines) is 1. The van der Waals surface area contributed by atoms with E-state index in [1.807, 2.05) is 0 Å². The van der Waals surface area contributed by atoms with Gasteiger partial charge in [0.25, 0.3) is 0 Å². The largest absolute Gasteiger partial charge is 0.396 e. The Morgan fingerprint density at radius 3 is 2.62 bits per heavy atom. The lowest BCUT2D eigenvalue weighted by Crippen LogP contribution is -2.56. The summed E-state index contributed by atoms with van der Waals surface area (Å²) < 4.78 is 0. The number of aliphatic hydroxyl groups is 1. The van der Waals surface area contributed by atoms with Crippen LogP contribution in [0, 0.1) is 17.8 Å². The van der Waals surface area contributed by atoms with Crippen molar-refractivity contribution in [2.45, 2.75) is 71.4 Å². The van der Waals surface area contributed by atoms with Gasteiger partial charge in [-0.1, -0.05) is 20.8 Å². The van der Waals surface area contributed by atoms with E-state index >= 15 is 0 Å². The summed E-state index contributed by atoms with van der Waals surface area (Å²) in [5.41, 5.74) is 0. The van der Waals surface area contributed by atoms with Crippen molar-refractivity contribution in [2.24, 2.45) is 17.8 Å². The smallest absolute Gasteiger partial charge is 0.0431 e. The molecule has 4 unspecified atom stereocenters. The van der Waals surface area contributed by atoms with Crippen molar-refractivity contribution in [3.8, 4) is 0 Å². The predicted octanol–water partition coefficient (Wildman–Crippen LogP) is 2.88. The molecule has 2 rings (SSSR count). The number of nitrogens with zero attached hydrogens (tertiary/aromatic N) is 1. The minimum absolute atomic E-state index is 0.349.